The number of esters is 1. The van der Waals surface area contributed by atoms with Gasteiger partial charge in [-0.15, -0.1) is 0 Å². The van der Waals surface area contributed by atoms with Crippen molar-refractivity contribution in [1.82, 2.24) is 0 Å². The number of methoxy groups -OCH3 is 3. The summed E-state index contributed by atoms with van der Waals surface area (Å²) in [4.78, 5) is 25.3. The predicted octanol–water partition coefficient (Wildman–Crippen LogP) is 2.32. The first-order valence-corrected chi connectivity index (χ1v) is 9.76. The van der Waals surface area contributed by atoms with Gasteiger partial charge in [0.2, 0.25) is 0 Å². The molecule has 0 N–H and O–H groups in total. The lowest BCUT2D eigenvalue weighted by atomic mass is 9.93. The van der Waals surface area contributed by atoms with Crippen LogP contribution in [-0.2, 0) is 33.2 Å². The topological polar surface area (TPSA) is 98.8 Å². The summed E-state index contributed by atoms with van der Waals surface area (Å²) in [6, 6.07) is 6.79. The van der Waals surface area contributed by atoms with Crippen molar-refractivity contribution in [3.63, 3.8) is 0 Å². The van der Waals surface area contributed by atoms with Crippen LogP contribution in [0.15, 0.2) is 24.3 Å². The average molecular weight is 426 g/mol. The summed E-state index contributed by atoms with van der Waals surface area (Å²) < 4.78 is 37.3. The van der Waals surface area contributed by atoms with Crippen LogP contribution < -0.4 is 4.74 Å². The van der Waals surface area contributed by atoms with Gasteiger partial charge in [-0.3, -0.25) is 4.79 Å². The van der Waals surface area contributed by atoms with E-state index < -0.39 is 24.3 Å². The van der Waals surface area contributed by atoms with Gasteiger partial charge in [0.05, 0.1) is 6.10 Å². The van der Waals surface area contributed by atoms with Crippen LogP contribution in [0.2, 0.25) is 0 Å². The second-order valence-corrected chi connectivity index (χ2v) is 6.77. The van der Waals surface area contributed by atoms with Crippen LogP contribution in [0.1, 0.15) is 36.0 Å². The highest BCUT2D eigenvalue weighted by Gasteiger charge is 2.35. The number of ether oxygens (including phenoxy) is 7. The number of Topliss-reactive ketones (excluding diaryl/α,β-unsaturated/α-hetero) is 1. The van der Waals surface area contributed by atoms with Gasteiger partial charge in [-0.2, -0.15) is 0 Å². The SMILES string of the molecule is COCOc1ccccc1C(=O)OC1CCCC(=O)C(OCOC)C(OCOC)C1. The molecule has 3 atom stereocenters. The van der Waals surface area contributed by atoms with Gasteiger partial charge in [0, 0.05) is 34.2 Å². The minimum absolute atomic E-state index is 0.0147. The molecule has 3 unspecified atom stereocenters. The van der Waals surface area contributed by atoms with Gasteiger partial charge in [0.25, 0.3) is 0 Å². The Morgan fingerprint density at radius 3 is 2.43 bits per heavy atom. The van der Waals surface area contributed by atoms with Crippen molar-refractivity contribution in [3.8, 4) is 5.75 Å². The molecule has 9 nitrogen and oxygen atoms in total. The third-order valence-corrected chi connectivity index (χ3v) is 4.58. The lowest BCUT2D eigenvalue weighted by Gasteiger charge is -2.31. The molecule has 0 amide bonds. The molecule has 168 valence electrons. The lowest BCUT2D eigenvalue weighted by molar-refractivity contribution is -0.177. The van der Waals surface area contributed by atoms with Gasteiger partial charge in [-0.25, -0.2) is 4.79 Å². The van der Waals surface area contributed by atoms with Gasteiger partial charge in [0.15, 0.2) is 12.6 Å². The van der Waals surface area contributed by atoms with Crippen molar-refractivity contribution in [1.29, 1.82) is 0 Å². The summed E-state index contributed by atoms with van der Waals surface area (Å²) in [6.07, 6.45) is -0.231. The summed E-state index contributed by atoms with van der Waals surface area (Å²) in [7, 11) is 4.47. The zero-order chi connectivity index (χ0) is 21.8. The van der Waals surface area contributed by atoms with Crippen molar-refractivity contribution in [2.45, 2.75) is 44.0 Å². The fourth-order valence-electron chi connectivity index (χ4n) is 3.21. The van der Waals surface area contributed by atoms with Crippen molar-refractivity contribution in [2.24, 2.45) is 0 Å². The normalized spacial score (nSPS) is 22.2. The van der Waals surface area contributed by atoms with Crippen molar-refractivity contribution in [2.75, 3.05) is 41.7 Å². The quantitative estimate of drug-likeness (QED) is 0.390. The molecule has 0 aliphatic heterocycles. The largest absolute Gasteiger partial charge is 0.467 e. The maximum absolute atomic E-state index is 12.8. The smallest absolute Gasteiger partial charge is 0.342 e. The van der Waals surface area contributed by atoms with Crippen molar-refractivity contribution in [3.05, 3.63) is 29.8 Å². The predicted molar refractivity (Wildman–Crippen MR) is 105 cm³/mol. The summed E-state index contributed by atoms with van der Waals surface area (Å²) >= 11 is 0. The highest BCUT2D eigenvalue weighted by Crippen LogP contribution is 2.26. The van der Waals surface area contributed by atoms with Gasteiger partial charge in [-0.05, 0) is 25.0 Å². The third kappa shape index (κ3) is 7.33. The number of para-hydroxylation sites is 1. The van der Waals surface area contributed by atoms with E-state index in [4.69, 9.17) is 33.2 Å². The van der Waals surface area contributed by atoms with Crippen molar-refractivity contribution < 1.29 is 42.7 Å². The fraction of sp³-hybridized carbons (Fsp3) is 0.619. The summed E-state index contributed by atoms with van der Waals surface area (Å²) in [5, 5.41) is 0. The lowest BCUT2D eigenvalue weighted by Crippen LogP contribution is -2.43. The number of hydrogen-bond acceptors (Lipinski definition) is 9. The average Bonchev–Trinajstić information content (AvgIpc) is 2.74. The number of carbonyl (C=O) groups excluding carboxylic acids is 2. The Morgan fingerprint density at radius 1 is 1.00 bits per heavy atom. The highest BCUT2D eigenvalue weighted by atomic mass is 16.7. The summed E-state index contributed by atoms with van der Waals surface area (Å²) in [5.74, 6) is -0.214. The van der Waals surface area contributed by atoms with E-state index in [2.05, 4.69) is 0 Å². The molecule has 1 aliphatic carbocycles. The minimum Gasteiger partial charge on any atom is -0.467 e. The van der Waals surface area contributed by atoms with E-state index in [-0.39, 0.29) is 32.6 Å². The first kappa shape index (κ1) is 24.2. The number of benzene rings is 1. The molecular formula is C21H30O9. The zero-order valence-corrected chi connectivity index (χ0v) is 17.7. The number of ketones is 1. The van der Waals surface area contributed by atoms with Gasteiger partial charge < -0.3 is 33.2 Å². The molecule has 0 saturated heterocycles. The van der Waals surface area contributed by atoms with E-state index >= 15 is 0 Å². The molecule has 1 saturated carbocycles. The molecule has 0 heterocycles. The Kier molecular flexibility index (Phi) is 10.7. The van der Waals surface area contributed by atoms with Gasteiger partial charge >= 0.3 is 5.97 Å². The van der Waals surface area contributed by atoms with E-state index in [1.807, 2.05) is 0 Å². The van der Waals surface area contributed by atoms with E-state index in [0.717, 1.165) is 0 Å². The number of rotatable bonds is 11. The van der Waals surface area contributed by atoms with Gasteiger partial charge in [0.1, 0.15) is 37.1 Å². The Morgan fingerprint density at radius 2 is 1.70 bits per heavy atom. The second-order valence-electron chi connectivity index (χ2n) is 6.77. The fourth-order valence-corrected chi connectivity index (χ4v) is 3.21. The van der Waals surface area contributed by atoms with Crippen LogP contribution >= 0.6 is 0 Å². The first-order valence-electron chi connectivity index (χ1n) is 9.76. The molecule has 1 aromatic rings. The summed E-state index contributed by atoms with van der Waals surface area (Å²) in [6.45, 7) is -0.0433. The number of carbonyl (C=O) groups is 2. The molecule has 0 radical (unpaired) electrons. The molecule has 0 spiro atoms. The highest BCUT2D eigenvalue weighted by molar-refractivity contribution is 5.92. The summed E-state index contributed by atoms with van der Waals surface area (Å²) in [5.41, 5.74) is 0.300. The van der Waals surface area contributed by atoms with E-state index in [1.54, 1.807) is 24.3 Å². The van der Waals surface area contributed by atoms with Gasteiger partial charge in [-0.1, -0.05) is 12.1 Å². The van der Waals surface area contributed by atoms with E-state index in [0.29, 0.717) is 30.6 Å². The maximum atomic E-state index is 12.8. The van der Waals surface area contributed by atoms with E-state index in [9.17, 15) is 9.59 Å². The molecule has 1 aliphatic rings. The van der Waals surface area contributed by atoms with Crippen LogP contribution in [0.3, 0.4) is 0 Å². The van der Waals surface area contributed by atoms with Crippen molar-refractivity contribution >= 4 is 11.8 Å². The maximum Gasteiger partial charge on any atom is 0.342 e. The molecule has 30 heavy (non-hydrogen) atoms. The Bertz CT molecular complexity index is 664. The Labute approximate surface area is 176 Å². The molecule has 2 rings (SSSR count). The molecule has 1 fully saturated rings. The number of hydrogen-bond donors (Lipinski definition) is 0. The van der Waals surface area contributed by atoms with Crippen LogP contribution in [-0.4, -0.2) is 71.8 Å². The monoisotopic (exact) mass is 426 g/mol. The molecular weight excluding hydrogens is 396 g/mol. The molecule has 9 heteroatoms. The Hall–Kier alpha value is -2.04. The minimum atomic E-state index is -0.820. The Balaban J connectivity index is 2.12. The van der Waals surface area contributed by atoms with Crippen LogP contribution in [0.4, 0.5) is 0 Å². The molecule has 0 bridgehead atoms. The third-order valence-electron chi connectivity index (χ3n) is 4.58. The van der Waals surface area contributed by atoms with Crippen LogP contribution in [0, 0.1) is 0 Å². The molecule has 0 aromatic heterocycles. The van der Waals surface area contributed by atoms with E-state index in [1.165, 1.54) is 21.3 Å². The standard InChI is InChI=1S/C21H30O9/c1-24-12-27-18-10-5-4-8-16(18)21(23)30-15-7-6-9-17(22)20(29-14-26-3)19(11-15)28-13-25-2/h4-5,8,10,15,19-20H,6-7,9,11-14H2,1-3H3. The second kappa shape index (κ2) is 13.3. The first-order chi connectivity index (χ1) is 14.6. The van der Waals surface area contributed by atoms with Crippen LogP contribution in [0.25, 0.3) is 0 Å². The zero-order valence-electron chi connectivity index (χ0n) is 17.7. The van der Waals surface area contributed by atoms with Crippen LogP contribution in [0.5, 0.6) is 5.75 Å². The molecule has 1 aromatic carbocycles.